The number of ether oxygens (including phenoxy) is 4. The molecule has 8 heteroatoms. The van der Waals surface area contributed by atoms with Gasteiger partial charge in [0.15, 0.2) is 11.2 Å². The molecule has 8 nitrogen and oxygen atoms in total. The van der Waals surface area contributed by atoms with E-state index < -0.39 is 17.1 Å². The minimum Gasteiger partial charge on any atom is -0.497 e. The van der Waals surface area contributed by atoms with Crippen molar-refractivity contribution in [2.75, 3.05) is 21.3 Å². The molecule has 3 aliphatic rings. The summed E-state index contributed by atoms with van der Waals surface area (Å²) in [5.41, 5.74) is -1.01. The summed E-state index contributed by atoms with van der Waals surface area (Å²) in [6.45, 7) is 0. The van der Waals surface area contributed by atoms with Gasteiger partial charge in [-0.1, -0.05) is 61.7 Å². The fourth-order valence-electron chi connectivity index (χ4n) is 7.41. The molecule has 2 aliphatic carbocycles. The van der Waals surface area contributed by atoms with E-state index in [0.717, 1.165) is 31.2 Å². The molecule has 1 saturated carbocycles. The summed E-state index contributed by atoms with van der Waals surface area (Å²) in [7, 11) is 4.73. The van der Waals surface area contributed by atoms with Crippen LogP contribution in [0.2, 0.25) is 0 Å². The number of methoxy groups -OCH3 is 3. The van der Waals surface area contributed by atoms with Crippen LogP contribution in [0.4, 0.5) is 0 Å². The van der Waals surface area contributed by atoms with Gasteiger partial charge in [0, 0.05) is 23.6 Å². The van der Waals surface area contributed by atoms with Crippen molar-refractivity contribution in [3.8, 4) is 23.0 Å². The van der Waals surface area contributed by atoms with Crippen LogP contribution in [0.15, 0.2) is 71.5 Å². The SMILES string of the molecule is COc1ccc([C@@]23Oc4cc(OC)cc(OC)c4C2(O)c2nc(C4CCCCC4)[nH]c(=O)c2[C@H]3c2ccccc2)cc1. The van der Waals surface area contributed by atoms with Crippen molar-refractivity contribution in [2.24, 2.45) is 0 Å². The average Bonchev–Trinajstić information content (AvgIpc) is 3.44. The second kappa shape index (κ2) is 9.91. The first-order valence-corrected chi connectivity index (χ1v) is 14.5. The molecule has 42 heavy (non-hydrogen) atoms. The molecule has 3 aromatic carbocycles. The Bertz CT molecular complexity index is 1700. The molecule has 216 valence electrons. The van der Waals surface area contributed by atoms with Gasteiger partial charge in [0.1, 0.15) is 28.8 Å². The number of hydrogen-bond acceptors (Lipinski definition) is 7. The van der Waals surface area contributed by atoms with Gasteiger partial charge in [0.2, 0.25) is 0 Å². The molecular weight excluding hydrogens is 532 g/mol. The molecule has 1 fully saturated rings. The maximum absolute atomic E-state index is 14.2. The average molecular weight is 567 g/mol. The third-order valence-corrected chi connectivity index (χ3v) is 9.32. The highest BCUT2D eigenvalue weighted by Gasteiger charge is 2.74. The smallest absolute Gasteiger partial charge is 0.255 e. The van der Waals surface area contributed by atoms with Gasteiger partial charge in [0.25, 0.3) is 5.56 Å². The Morgan fingerprint density at radius 1 is 0.905 bits per heavy atom. The monoisotopic (exact) mass is 566 g/mol. The molecule has 0 radical (unpaired) electrons. The first kappa shape index (κ1) is 26.6. The number of aliphatic hydroxyl groups is 1. The number of nitrogens with zero attached hydrogens (tertiary/aromatic N) is 1. The lowest BCUT2D eigenvalue weighted by molar-refractivity contribution is -0.0910. The lowest BCUT2D eigenvalue weighted by Gasteiger charge is -2.40. The van der Waals surface area contributed by atoms with Crippen molar-refractivity contribution in [1.29, 1.82) is 0 Å². The highest BCUT2D eigenvalue weighted by Crippen LogP contribution is 2.69. The molecule has 2 N–H and O–H groups in total. The predicted molar refractivity (Wildman–Crippen MR) is 157 cm³/mol. The first-order valence-electron chi connectivity index (χ1n) is 14.5. The zero-order valence-electron chi connectivity index (χ0n) is 24.0. The minimum absolute atomic E-state index is 0.117. The molecule has 1 aromatic heterocycles. The van der Waals surface area contributed by atoms with E-state index in [-0.39, 0.29) is 11.5 Å². The maximum atomic E-state index is 14.2. The van der Waals surface area contributed by atoms with Gasteiger partial charge < -0.3 is 29.0 Å². The molecule has 0 saturated heterocycles. The minimum atomic E-state index is -1.87. The Hall–Kier alpha value is -4.30. The van der Waals surface area contributed by atoms with Crippen LogP contribution in [0.25, 0.3) is 0 Å². The molecule has 0 amide bonds. The van der Waals surface area contributed by atoms with Crippen LogP contribution in [0.1, 0.15) is 77.7 Å². The van der Waals surface area contributed by atoms with Gasteiger partial charge in [-0.3, -0.25) is 4.79 Å². The number of hydrogen-bond donors (Lipinski definition) is 2. The van der Waals surface area contributed by atoms with Crippen LogP contribution in [-0.4, -0.2) is 36.4 Å². The van der Waals surface area contributed by atoms with Crippen LogP contribution >= 0.6 is 0 Å². The van der Waals surface area contributed by atoms with Gasteiger partial charge >= 0.3 is 0 Å². The Balaban J connectivity index is 1.60. The van der Waals surface area contributed by atoms with Crippen LogP contribution in [-0.2, 0) is 11.2 Å². The van der Waals surface area contributed by atoms with E-state index >= 15 is 0 Å². The van der Waals surface area contributed by atoms with Crippen molar-refractivity contribution in [3.63, 3.8) is 0 Å². The summed E-state index contributed by atoms with van der Waals surface area (Å²) < 4.78 is 23.9. The number of fused-ring (bicyclic) bond motifs is 5. The van der Waals surface area contributed by atoms with Crippen LogP contribution in [0.3, 0.4) is 0 Å². The normalized spacial score (nSPS) is 24.3. The van der Waals surface area contributed by atoms with Crippen molar-refractivity contribution in [2.45, 2.75) is 55.1 Å². The van der Waals surface area contributed by atoms with E-state index in [1.807, 2.05) is 54.6 Å². The first-order chi connectivity index (χ1) is 20.5. The topological polar surface area (TPSA) is 103 Å². The molecule has 1 unspecified atom stereocenters. The van der Waals surface area contributed by atoms with E-state index in [2.05, 4.69) is 4.98 Å². The van der Waals surface area contributed by atoms with Crippen molar-refractivity contribution >= 4 is 0 Å². The highest BCUT2D eigenvalue weighted by atomic mass is 16.5. The van der Waals surface area contributed by atoms with Gasteiger partial charge in [-0.15, -0.1) is 0 Å². The molecule has 3 atom stereocenters. The van der Waals surface area contributed by atoms with E-state index in [1.54, 1.807) is 33.5 Å². The Kier molecular flexibility index (Phi) is 6.27. The third kappa shape index (κ3) is 3.57. The van der Waals surface area contributed by atoms with Gasteiger partial charge in [-0.25, -0.2) is 4.98 Å². The number of benzene rings is 3. The van der Waals surface area contributed by atoms with Gasteiger partial charge in [-0.05, 0) is 30.5 Å². The number of aromatic nitrogens is 2. The molecule has 7 rings (SSSR count). The fourth-order valence-corrected chi connectivity index (χ4v) is 7.41. The van der Waals surface area contributed by atoms with Crippen LogP contribution in [0.5, 0.6) is 23.0 Å². The van der Waals surface area contributed by atoms with Crippen molar-refractivity contribution < 1.29 is 24.1 Å². The summed E-state index contributed by atoms with van der Waals surface area (Å²) in [5.74, 6) is 2.02. The quantitative estimate of drug-likeness (QED) is 0.317. The highest BCUT2D eigenvalue weighted by molar-refractivity contribution is 5.68. The molecule has 0 spiro atoms. The van der Waals surface area contributed by atoms with E-state index in [9.17, 15) is 9.90 Å². The lowest BCUT2D eigenvalue weighted by atomic mass is 9.70. The number of rotatable bonds is 6. The summed E-state index contributed by atoms with van der Waals surface area (Å²) in [6.07, 6.45) is 5.22. The van der Waals surface area contributed by atoms with E-state index in [0.29, 0.717) is 51.2 Å². The van der Waals surface area contributed by atoms with Gasteiger partial charge in [0.05, 0.1) is 44.1 Å². The van der Waals surface area contributed by atoms with Gasteiger partial charge in [-0.2, -0.15) is 0 Å². The second-order valence-electron chi connectivity index (χ2n) is 11.4. The van der Waals surface area contributed by atoms with Crippen molar-refractivity contribution in [3.05, 3.63) is 111 Å². The number of aromatic amines is 1. The number of nitrogens with one attached hydrogen (secondary N) is 1. The standard InChI is InChI=1S/C34H34N2O6/c1-39-23-16-14-22(15-17-23)34-28(20-10-6-4-7-11-20)27-30(35-31(36-32(27)37)21-12-8-5-9-13-21)33(34,38)29-25(41-3)18-24(40-2)19-26(29)42-34/h4,6-7,10-11,14-19,21,28,38H,5,8-9,12-13H2,1-3H3,(H,35,36,37)/t28-,33?,34+/m1/s1. The van der Waals surface area contributed by atoms with Crippen LogP contribution < -0.4 is 24.5 Å². The Morgan fingerprint density at radius 3 is 2.29 bits per heavy atom. The second-order valence-corrected chi connectivity index (χ2v) is 11.4. The fraction of sp³-hybridized carbons (Fsp3) is 0.353. The Morgan fingerprint density at radius 2 is 1.62 bits per heavy atom. The summed E-state index contributed by atoms with van der Waals surface area (Å²) >= 11 is 0. The maximum Gasteiger partial charge on any atom is 0.255 e. The van der Waals surface area contributed by atoms with Crippen molar-refractivity contribution in [1.82, 2.24) is 9.97 Å². The molecule has 1 aliphatic heterocycles. The summed E-state index contributed by atoms with van der Waals surface area (Å²) in [5, 5.41) is 13.4. The molecule has 2 heterocycles. The van der Waals surface area contributed by atoms with E-state index in [1.165, 1.54) is 6.42 Å². The van der Waals surface area contributed by atoms with E-state index in [4.69, 9.17) is 23.9 Å². The largest absolute Gasteiger partial charge is 0.497 e. The zero-order valence-corrected chi connectivity index (χ0v) is 24.0. The lowest BCUT2D eigenvalue weighted by Crippen LogP contribution is -2.49. The summed E-state index contributed by atoms with van der Waals surface area (Å²) in [6, 6.07) is 20.7. The predicted octanol–water partition coefficient (Wildman–Crippen LogP) is 5.51. The third-order valence-electron chi connectivity index (χ3n) is 9.32. The number of H-pyrrole nitrogens is 1. The molecule has 4 aromatic rings. The van der Waals surface area contributed by atoms with Crippen LogP contribution in [0, 0.1) is 0 Å². The Labute approximate surface area is 244 Å². The molecular formula is C34H34N2O6. The summed E-state index contributed by atoms with van der Waals surface area (Å²) in [4.78, 5) is 22.5. The zero-order chi connectivity index (χ0) is 29.1. The molecule has 0 bridgehead atoms.